The van der Waals surface area contributed by atoms with Gasteiger partial charge in [0.15, 0.2) is 0 Å². The fourth-order valence-electron chi connectivity index (χ4n) is 2.77. The summed E-state index contributed by atoms with van der Waals surface area (Å²) >= 11 is 1.65. The van der Waals surface area contributed by atoms with E-state index >= 15 is 0 Å². The fraction of sp³-hybridized carbons (Fsp3) is 0.333. The van der Waals surface area contributed by atoms with Crippen LogP contribution >= 0.6 is 11.3 Å². The zero-order valence-electron chi connectivity index (χ0n) is 13.8. The quantitative estimate of drug-likeness (QED) is 0.731. The van der Waals surface area contributed by atoms with Crippen LogP contribution in [0.4, 0.5) is 5.82 Å². The van der Waals surface area contributed by atoms with E-state index in [1.165, 1.54) is 16.0 Å². The van der Waals surface area contributed by atoms with E-state index in [0.717, 1.165) is 29.0 Å². The molecular weight excluding hydrogens is 304 g/mol. The van der Waals surface area contributed by atoms with Crippen molar-refractivity contribution < 1.29 is 4.90 Å². The Morgan fingerprint density at radius 2 is 1.91 bits per heavy atom. The number of aromatic nitrogens is 2. The zero-order chi connectivity index (χ0) is 16.2. The molecule has 0 amide bonds. The number of quaternary nitrogens is 1. The minimum absolute atomic E-state index is 0.379. The summed E-state index contributed by atoms with van der Waals surface area (Å²) in [5.41, 5.74) is 2.73. The Bertz CT molecular complexity index is 764. The van der Waals surface area contributed by atoms with Gasteiger partial charge in [0.2, 0.25) is 0 Å². The minimum atomic E-state index is 0.379. The molecular formula is C18H23N4S+. The summed E-state index contributed by atoms with van der Waals surface area (Å²) < 4.78 is 0. The average molecular weight is 327 g/mol. The largest absolute Gasteiger partial charge is 0.363 e. The first-order chi connectivity index (χ1) is 11.2. The van der Waals surface area contributed by atoms with Crippen molar-refractivity contribution in [3.63, 3.8) is 0 Å². The third-order valence-corrected chi connectivity index (χ3v) is 5.04. The lowest BCUT2D eigenvalue weighted by Gasteiger charge is -2.22. The number of rotatable bonds is 6. The van der Waals surface area contributed by atoms with Crippen molar-refractivity contribution in [3.8, 4) is 0 Å². The average Bonchev–Trinajstić information content (AvgIpc) is 3.04. The van der Waals surface area contributed by atoms with Gasteiger partial charge in [-0.3, -0.25) is 0 Å². The van der Waals surface area contributed by atoms with Crippen molar-refractivity contribution in [1.82, 2.24) is 9.97 Å². The first kappa shape index (κ1) is 15.9. The van der Waals surface area contributed by atoms with E-state index in [1.54, 1.807) is 17.7 Å². The summed E-state index contributed by atoms with van der Waals surface area (Å²) in [7, 11) is 4.39. The predicted molar refractivity (Wildman–Crippen MR) is 97.3 cm³/mol. The number of likely N-dealkylation sites (N-methyl/N-ethyl adjacent to an activating group) is 1. The first-order valence-electron chi connectivity index (χ1n) is 8.00. The van der Waals surface area contributed by atoms with Gasteiger partial charge in [0, 0.05) is 5.56 Å². The molecule has 0 aliphatic rings. The summed E-state index contributed by atoms with van der Waals surface area (Å²) in [5, 5.41) is 6.68. The lowest BCUT2D eigenvalue weighted by atomic mass is 10.0. The summed E-state index contributed by atoms with van der Waals surface area (Å²) in [6.45, 7) is 3.03. The van der Waals surface area contributed by atoms with Crippen LogP contribution in [0.25, 0.3) is 10.2 Å². The van der Waals surface area contributed by atoms with Gasteiger partial charge >= 0.3 is 0 Å². The van der Waals surface area contributed by atoms with Gasteiger partial charge in [0.05, 0.1) is 26.0 Å². The van der Waals surface area contributed by atoms with Crippen LogP contribution in [0.15, 0.2) is 42.0 Å². The number of aryl methyl sites for hydroxylation is 1. The second-order valence-electron chi connectivity index (χ2n) is 5.97. The predicted octanol–water partition coefficient (Wildman–Crippen LogP) is 2.55. The van der Waals surface area contributed by atoms with Crippen LogP contribution in [0.5, 0.6) is 0 Å². The Hall–Kier alpha value is -1.98. The number of anilines is 1. The number of nitrogens with zero attached hydrogens (tertiary/aromatic N) is 2. The molecule has 0 bridgehead atoms. The van der Waals surface area contributed by atoms with E-state index in [2.05, 4.69) is 72.0 Å². The molecule has 0 aliphatic carbocycles. The molecule has 2 heterocycles. The molecule has 2 aromatic heterocycles. The van der Waals surface area contributed by atoms with Gasteiger partial charge in [0.25, 0.3) is 0 Å². The van der Waals surface area contributed by atoms with Gasteiger partial charge in [-0.1, -0.05) is 31.2 Å². The maximum Gasteiger partial charge on any atom is 0.138 e. The minimum Gasteiger partial charge on any atom is -0.363 e. The maximum absolute atomic E-state index is 4.41. The van der Waals surface area contributed by atoms with E-state index < -0.39 is 0 Å². The molecule has 4 nitrogen and oxygen atoms in total. The molecule has 0 saturated carbocycles. The van der Waals surface area contributed by atoms with Crippen molar-refractivity contribution in [3.05, 3.63) is 53.2 Å². The van der Waals surface area contributed by atoms with Crippen molar-refractivity contribution in [1.29, 1.82) is 0 Å². The number of hydrogen-bond donors (Lipinski definition) is 2. The van der Waals surface area contributed by atoms with Crippen LogP contribution in [0.1, 0.15) is 24.1 Å². The highest BCUT2D eigenvalue weighted by Crippen LogP contribution is 2.24. The van der Waals surface area contributed by atoms with Gasteiger partial charge in [-0.05, 0) is 23.4 Å². The Kier molecular flexibility index (Phi) is 4.88. The molecule has 5 heteroatoms. The Morgan fingerprint density at radius 1 is 1.13 bits per heavy atom. The lowest BCUT2D eigenvalue weighted by molar-refractivity contribution is -0.890. The molecule has 0 fully saturated rings. The van der Waals surface area contributed by atoms with Crippen molar-refractivity contribution in [2.45, 2.75) is 19.4 Å². The molecule has 1 atom stereocenters. The molecule has 0 unspecified atom stereocenters. The number of thiophene rings is 1. The standard InChI is InChI=1S/C18H22N4S/c1-4-13-5-7-14(8-6-13)16(22(2)3)11-19-17-15-9-10-23-18(15)21-12-20-17/h5-10,12,16H,4,11H2,1-3H3,(H,19,20,21)/p+1/t16-/m0/s1. The number of benzene rings is 1. The molecule has 0 spiro atoms. The highest BCUT2D eigenvalue weighted by molar-refractivity contribution is 7.16. The molecule has 23 heavy (non-hydrogen) atoms. The summed E-state index contributed by atoms with van der Waals surface area (Å²) in [4.78, 5) is 11.1. The van der Waals surface area contributed by atoms with Crippen LogP contribution in [0.2, 0.25) is 0 Å². The number of hydrogen-bond acceptors (Lipinski definition) is 4. The number of nitrogens with one attached hydrogen (secondary N) is 2. The summed E-state index contributed by atoms with van der Waals surface area (Å²) in [6, 6.07) is 11.4. The molecule has 2 N–H and O–H groups in total. The monoisotopic (exact) mass is 327 g/mol. The smallest absolute Gasteiger partial charge is 0.138 e. The van der Waals surface area contributed by atoms with E-state index in [4.69, 9.17) is 0 Å². The highest BCUT2D eigenvalue weighted by atomic mass is 32.1. The normalized spacial score (nSPS) is 12.7. The lowest BCUT2D eigenvalue weighted by Crippen LogP contribution is -3.06. The Labute approximate surface area is 141 Å². The third-order valence-electron chi connectivity index (χ3n) is 4.22. The SMILES string of the molecule is CCc1ccc([C@H](CNc2ncnc3sccc23)[NH+](C)C)cc1. The molecule has 0 aliphatic heterocycles. The van der Waals surface area contributed by atoms with Gasteiger partial charge in [-0.2, -0.15) is 0 Å². The van der Waals surface area contributed by atoms with Crippen LogP contribution in [-0.2, 0) is 6.42 Å². The first-order valence-corrected chi connectivity index (χ1v) is 8.88. The van der Waals surface area contributed by atoms with Crippen molar-refractivity contribution >= 4 is 27.4 Å². The molecule has 3 rings (SSSR count). The summed E-state index contributed by atoms with van der Waals surface area (Å²) in [6.07, 6.45) is 2.71. The third kappa shape index (κ3) is 3.51. The highest BCUT2D eigenvalue weighted by Gasteiger charge is 2.18. The second kappa shape index (κ2) is 7.06. The summed E-state index contributed by atoms with van der Waals surface area (Å²) in [5.74, 6) is 0.924. The molecule has 120 valence electrons. The van der Waals surface area contributed by atoms with Crippen LogP contribution in [-0.4, -0.2) is 30.6 Å². The zero-order valence-corrected chi connectivity index (χ0v) is 14.7. The molecule has 0 saturated heterocycles. The molecule has 3 aromatic rings. The fourth-order valence-corrected chi connectivity index (χ4v) is 3.50. The topological polar surface area (TPSA) is 42.2 Å². The van der Waals surface area contributed by atoms with E-state index in [9.17, 15) is 0 Å². The number of fused-ring (bicyclic) bond motifs is 1. The Morgan fingerprint density at radius 3 is 2.61 bits per heavy atom. The van der Waals surface area contributed by atoms with E-state index in [1.807, 2.05) is 0 Å². The van der Waals surface area contributed by atoms with Gasteiger partial charge < -0.3 is 10.2 Å². The van der Waals surface area contributed by atoms with Gasteiger partial charge in [-0.25, -0.2) is 9.97 Å². The molecule has 0 radical (unpaired) electrons. The van der Waals surface area contributed by atoms with Crippen LogP contribution in [0, 0.1) is 0 Å². The van der Waals surface area contributed by atoms with Gasteiger partial charge in [0.1, 0.15) is 23.0 Å². The van der Waals surface area contributed by atoms with Crippen LogP contribution in [0.3, 0.4) is 0 Å². The molecule has 1 aromatic carbocycles. The van der Waals surface area contributed by atoms with Crippen LogP contribution < -0.4 is 10.2 Å². The Balaban J connectivity index is 1.78. The van der Waals surface area contributed by atoms with Gasteiger partial charge in [-0.15, -0.1) is 11.3 Å². The maximum atomic E-state index is 4.41. The van der Waals surface area contributed by atoms with Crippen molar-refractivity contribution in [2.75, 3.05) is 26.0 Å². The van der Waals surface area contributed by atoms with E-state index in [0.29, 0.717) is 6.04 Å². The second-order valence-corrected chi connectivity index (χ2v) is 6.86. The van der Waals surface area contributed by atoms with Crippen molar-refractivity contribution in [2.24, 2.45) is 0 Å². The van der Waals surface area contributed by atoms with E-state index in [-0.39, 0.29) is 0 Å².